The van der Waals surface area contributed by atoms with Gasteiger partial charge in [-0.3, -0.25) is 4.79 Å². The van der Waals surface area contributed by atoms with E-state index < -0.39 is 0 Å². The maximum Gasteiger partial charge on any atom is 0.269 e. The fraction of sp³-hybridized carbons (Fsp3) is 0.217. The smallest absolute Gasteiger partial charge is 0.269 e. The molecule has 27 heavy (non-hydrogen) atoms. The highest BCUT2D eigenvalue weighted by Gasteiger charge is 2.20. The Kier molecular flexibility index (Phi) is 5.15. The molecular weight excluding hydrogens is 334 g/mol. The van der Waals surface area contributed by atoms with E-state index in [-0.39, 0.29) is 5.91 Å². The van der Waals surface area contributed by atoms with Crippen LogP contribution in [0.5, 0.6) is 0 Å². The van der Waals surface area contributed by atoms with E-state index in [1.165, 1.54) is 16.8 Å². The Labute approximate surface area is 159 Å². The zero-order valence-corrected chi connectivity index (χ0v) is 15.3. The summed E-state index contributed by atoms with van der Waals surface area (Å²) in [6.45, 7) is 1.60. The van der Waals surface area contributed by atoms with Crippen molar-refractivity contribution in [3.05, 3.63) is 89.7 Å². The molecule has 0 aliphatic carbocycles. The van der Waals surface area contributed by atoms with Crippen molar-refractivity contribution in [1.29, 1.82) is 0 Å². The third-order valence-corrected chi connectivity index (χ3v) is 4.95. The van der Waals surface area contributed by atoms with Gasteiger partial charge in [0.1, 0.15) is 5.69 Å². The number of benzene rings is 2. The number of pyridine rings is 1. The minimum atomic E-state index is -0.114. The first-order chi connectivity index (χ1) is 13.3. The first kappa shape index (κ1) is 17.3. The molecular formula is C23H23N3O. The molecule has 4 nitrogen and oxygen atoms in total. The van der Waals surface area contributed by atoms with Crippen LogP contribution in [-0.4, -0.2) is 24.0 Å². The zero-order valence-electron chi connectivity index (χ0n) is 15.3. The van der Waals surface area contributed by atoms with Crippen LogP contribution < -0.4 is 10.2 Å². The number of hydrogen-bond donors (Lipinski definition) is 1. The average molecular weight is 357 g/mol. The van der Waals surface area contributed by atoms with Gasteiger partial charge in [-0.1, -0.05) is 48.5 Å². The number of nitrogens with zero attached hydrogens (tertiary/aromatic N) is 2. The molecule has 1 N–H and O–H groups in total. The van der Waals surface area contributed by atoms with E-state index in [2.05, 4.69) is 51.6 Å². The molecule has 0 unspecified atom stereocenters. The second-order valence-electron chi connectivity index (χ2n) is 6.78. The van der Waals surface area contributed by atoms with Crippen molar-refractivity contribution in [2.75, 3.05) is 18.0 Å². The Morgan fingerprint density at radius 3 is 2.63 bits per heavy atom. The largest absolute Gasteiger partial charge is 0.351 e. The number of aryl methyl sites for hydroxylation is 1. The van der Waals surface area contributed by atoms with Crippen LogP contribution >= 0.6 is 0 Å². The van der Waals surface area contributed by atoms with Crippen LogP contribution in [0.15, 0.2) is 72.9 Å². The number of fused-ring (bicyclic) bond motifs is 1. The van der Waals surface area contributed by atoms with Crippen molar-refractivity contribution in [2.24, 2.45) is 0 Å². The molecule has 0 atom stereocenters. The molecule has 2 aromatic carbocycles. The van der Waals surface area contributed by atoms with Gasteiger partial charge < -0.3 is 10.2 Å². The lowest BCUT2D eigenvalue weighted by Crippen LogP contribution is -2.25. The average Bonchev–Trinajstić information content (AvgIpc) is 3.16. The van der Waals surface area contributed by atoms with Gasteiger partial charge in [0, 0.05) is 18.8 Å². The highest BCUT2D eigenvalue weighted by molar-refractivity contribution is 5.92. The number of amides is 1. The second kappa shape index (κ2) is 8.04. The van der Waals surface area contributed by atoms with Gasteiger partial charge in [0.2, 0.25) is 0 Å². The lowest BCUT2D eigenvalue weighted by atomic mass is 10.1. The van der Waals surface area contributed by atoms with Crippen LogP contribution in [0, 0.1) is 0 Å². The normalized spacial score (nSPS) is 12.7. The Hall–Kier alpha value is -3.14. The highest BCUT2D eigenvalue weighted by atomic mass is 16.1. The summed E-state index contributed by atoms with van der Waals surface area (Å²) in [6.07, 6.45) is 4.71. The molecule has 0 bridgehead atoms. The van der Waals surface area contributed by atoms with E-state index in [1.807, 2.05) is 30.3 Å². The highest BCUT2D eigenvalue weighted by Crippen LogP contribution is 2.33. The van der Waals surface area contributed by atoms with Gasteiger partial charge in [0.15, 0.2) is 0 Å². The van der Waals surface area contributed by atoms with Crippen LogP contribution in [0.2, 0.25) is 0 Å². The van der Waals surface area contributed by atoms with Crippen molar-refractivity contribution < 1.29 is 4.79 Å². The van der Waals surface area contributed by atoms with E-state index in [1.54, 1.807) is 6.20 Å². The molecule has 0 fully saturated rings. The molecule has 1 amide bonds. The van der Waals surface area contributed by atoms with Gasteiger partial charge in [0.05, 0.1) is 11.9 Å². The number of nitrogens with one attached hydrogen (secondary N) is 1. The van der Waals surface area contributed by atoms with Gasteiger partial charge in [-0.05, 0) is 48.6 Å². The number of hydrogen-bond acceptors (Lipinski definition) is 3. The van der Waals surface area contributed by atoms with Gasteiger partial charge in [-0.15, -0.1) is 0 Å². The van der Waals surface area contributed by atoms with E-state index >= 15 is 0 Å². The fourth-order valence-electron chi connectivity index (χ4n) is 3.52. The molecule has 136 valence electrons. The SMILES string of the molecule is O=C(NCCCc1ccccc1)c1ccc(N2CCc3ccccc32)cn1. The molecule has 1 aromatic heterocycles. The molecule has 4 heteroatoms. The molecule has 2 heterocycles. The summed E-state index contributed by atoms with van der Waals surface area (Å²) in [5, 5.41) is 2.96. The fourth-order valence-corrected chi connectivity index (χ4v) is 3.52. The molecule has 1 aliphatic rings. The summed E-state index contributed by atoms with van der Waals surface area (Å²) in [4.78, 5) is 18.9. The third kappa shape index (κ3) is 4.00. The topological polar surface area (TPSA) is 45.2 Å². The van der Waals surface area contributed by atoms with Crippen molar-refractivity contribution in [2.45, 2.75) is 19.3 Å². The maximum absolute atomic E-state index is 12.3. The first-order valence-electron chi connectivity index (χ1n) is 9.45. The lowest BCUT2D eigenvalue weighted by Gasteiger charge is -2.19. The summed E-state index contributed by atoms with van der Waals surface area (Å²) in [5.41, 5.74) is 5.38. The summed E-state index contributed by atoms with van der Waals surface area (Å²) >= 11 is 0. The van der Waals surface area contributed by atoms with Crippen LogP contribution in [0.25, 0.3) is 0 Å². The van der Waals surface area contributed by atoms with Crippen molar-refractivity contribution in [3.8, 4) is 0 Å². The number of carbonyl (C=O) groups is 1. The second-order valence-corrected chi connectivity index (χ2v) is 6.78. The van der Waals surface area contributed by atoms with E-state index in [9.17, 15) is 4.79 Å². The monoisotopic (exact) mass is 357 g/mol. The molecule has 0 saturated heterocycles. The molecule has 3 aromatic rings. The van der Waals surface area contributed by atoms with Crippen LogP contribution in [-0.2, 0) is 12.8 Å². The number of carbonyl (C=O) groups excluding carboxylic acids is 1. The predicted octanol–water partition coefficient (Wildman–Crippen LogP) is 4.14. The Bertz CT molecular complexity index is 906. The number of para-hydroxylation sites is 1. The maximum atomic E-state index is 12.3. The van der Waals surface area contributed by atoms with Crippen molar-refractivity contribution >= 4 is 17.3 Å². The molecule has 4 rings (SSSR count). The van der Waals surface area contributed by atoms with Gasteiger partial charge in [0.25, 0.3) is 5.91 Å². The van der Waals surface area contributed by atoms with Gasteiger partial charge in [-0.2, -0.15) is 0 Å². The van der Waals surface area contributed by atoms with Crippen LogP contribution in [0.3, 0.4) is 0 Å². The summed E-state index contributed by atoms with van der Waals surface area (Å²) < 4.78 is 0. The third-order valence-electron chi connectivity index (χ3n) is 4.95. The lowest BCUT2D eigenvalue weighted by molar-refractivity contribution is 0.0948. The number of anilines is 2. The van der Waals surface area contributed by atoms with Crippen molar-refractivity contribution in [3.63, 3.8) is 0 Å². The van der Waals surface area contributed by atoms with E-state index in [0.29, 0.717) is 12.2 Å². The Morgan fingerprint density at radius 1 is 1.00 bits per heavy atom. The standard InChI is InChI=1S/C23H23N3O/c27-23(24-15-6-9-18-7-2-1-3-8-18)21-13-12-20(17-25-21)26-16-14-19-10-4-5-11-22(19)26/h1-5,7-8,10-13,17H,6,9,14-16H2,(H,24,27). The zero-order chi connectivity index (χ0) is 18.5. The minimum Gasteiger partial charge on any atom is -0.351 e. The number of rotatable bonds is 6. The van der Waals surface area contributed by atoms with Gasteiger partial charge >= 0.3 is 0 Å². The predicted molar refractivity (Wildman–Crippen MR) is 108 cm³/mol. The Balaban J connectivity index is 1.32. The van der Waals surface area contributed by atoms with Crippen molar-refractivity contribution in [1.82, 2.24) is 10.3 Å². The summed E-state index contributed by atoms with van der Waals surface area (Å²) in [7, 11) is 0. The molecule has 0 spiro atoms. The Morgan fingerprint density at radius 2 is 1.81 bits per heavy atom. The van der Waals surface area contributed by atoms with Gasteiger partial charge in [-0.25, -0.2) is 4.98 Å². The first-order valence-corrected chi connectivity index (χ1v) is 9.45. The number of aromatic nitrogens is 1. The quantitative estimate of drug-likeness (QED) is 0.675. The van der Waals surface area contributed by atoms with Crippen LogP contribution in [0.4, 0.5) is 11.4 Å². The summed E-state index contributed by atoms with van der Waals surface area (Å²) in [5.74, 6) is -0.114. The van der Waals surface area contributed by atoms with E-state index in [4.69, 9.17) is 0 Å². The van der Waals surface area contributed by atoms with Crippen LogP contribution in [0.1, 0.15) is 28.0 Å². The summed E-state index contributed by atoms with van der Waals surface area (Å²) in [6, 6.07) is 22.5. The molecule has 0 radical (unpaired) electrons. The minimum absolute atomic E-state index is 0.114. The molecule has 1 aliphatic heterocycles. The van der Waals surface area contributed by atoms with E-state index in [0.717, 1.165) is 31.5 Å². The molecule has 0 saturated carbocycles.